The number of hydrogen-bond donors (Lipinski definition) is 4. The Morgan fingerprint density at radius 3 is 2.32 bits per heavy atom. The van der Waals surface area contributed by atoms with Gasteiger partial charge in [0.1, 0.15) is 11.8 Å². The van der Waals surface area contributed by atoms with E-state index in [2.05, 4.69) is 20.9 Å². The molecule has 1 aromatic rings. The van der Waals surface area contributed by atoms with E-state index in [-0.39, 0.29) is 42.8 Å². The third-order valence-corrected chi connectivity index (χ3v) is 8.82. The summed E-state index contributed by atoms with van der Waals surface area (Å²) in [5.41, 5.74) is 0.545. The van der Waals surface area contributed by atoms with Crippen molar-refractivity contribution in [1.82, 2.24) is 20.9 Å². The lowest BCUT2D eigenvalue weighted by Gasteiger charge is -2.47. The van der Waals surface area contributed by atoms with Crippen molar-refractivity contribution in [2.75, 3.05) is 19.7 Å². The molecule has 0 bridgehead atoms. The minimum absolute atomic E-state index is 0.0332. The summed E-state index contributed by atoms with van der Waals surface area (Å²) in [6.07, 6.45) is 4.05. The summed E-state index contributed by atoms with van der Waals surface area (Å²) >= 11 is 0. The van der Waals surface area contributed by atoms with Crippen LogP contribution in [-0.2, 0) is 25.5 Å². The van der Waals surface area contributed by atoms with Crippen LogP contribution in [0.2, 0.25) is 0 Å². The predicted molar refractivity (Wildman–Crippen MR) is 170 cm³/mol. The molecular formula is C34H54N4O6. The van der Waals surface area contributed by atoms with Gasteiger partial charge in [0.15, 0.2) is 0 Å². The molecule has 10 nitrogen and oxygen atoms in total. The maximum atomic E-state index is 13.7. The van der Waals surface area contributed by atoms with Gasteiger partial charge in [-0.3, -0.25) is 14.5 Å². The number of Topliss-reactive ketones (excluding diaryl/α,β-unsaturated/α-hetero) is 1. The molecule has 1 aliphatic carbocycles. The molecule has 1 saturated carbocycles. The Kier molecular flexibility index (Phi) is 13.2. The molecule has 2 fully saturated rings. The SMILES string of the molecule is CCOC(=O)N[C@H](C(=O)N[C@@H](Cc1ccccc1)[C@H](O)CN1CC2CCCC[C@H]2C[C@H]1C(=O)NC(C)(C)C)C(C)CC(C)=O. The normalized spacial score (nSPS) is 23.3. The number of aliphatic hydroxyl groups is 1. The van der Waals surface area contributed by atoms with Crippen LogP contribution in [0, 0.1) is 17.8 Å². The van der Waals surface area contributed by atoms with E-state index >= 15 is 0 Å². The number of amides is 3. The van der Waals surface area contributed by atoms with Crippen molar-refractivity contribution in [3.8, 4) is 0 Å². The molecule has 0 spiro atoms. The lowest BCUT2D eigenvalue weighted by Crippen LogP contribution is -2.61. The van der Waals surface area contributed by atoms with Gasteiger partial charge in [-0.25, -0.2) is 4.79 Å². The Hall–Kier alpha value is -2.98. The van der Waals surface area contributed by atoms with Crippen LogP contribution >= 0.6 is 0 Å². The van der Waals surface area contributed by atoms with E-state index < -0.39 is 36.1 Å². The molecule has 3 rings (SSSR count). The van der Waals surface area contributed by atoms with Crippen LogP contribution in [0.4, 0.5) is 4.79 Å². The van der Waals surface area contributed by atoms with Crippen molar-refractivity contribution in [3.05, 3.63) is 35.9 Å². The van der Waals surface area contributed by atoms with Crippen LogP contribution in [-0.4, -0.2) is 83.2 Å². The molecule has 1 heterocycles. The Morgan fingerprint density at radius 1 is 1.05 bits per heavy atom. The molecular weight excluding hydrogens is 560 g/mol. The van der Waals surface area contributed by atoms with Crippen LogP contribution in [0.5, 0.6) is 0 Å². The zero-order chi connectivity index (χ0) is 32.4. The number of nitrogens with one attached hydrogen (secondary N) is 3. The zero-order valence-corrected chi connectivity index (χ0v) is 27.4. The van der Waals surface area contributed by atoms with Crippen molar-refractivity contribution in [2.45, 2.75) is 116 Å². The number of carbonyl (C=O) groups excluding carboxylic acids is 4. The number of β-amino-alcohol motifs (C(OH)–C–C–N with tert-alkyl or cyclic N) is 1. The second kappa shape index (κ2) is 16.4. The van der Waals surface area contributed by atoms with Crippen LogP contribution in [0.1, 0.15) is 85.6 Å². The summed E-state index contributed by atoms with van der Waals surface area (Å²) < 4.78 is 5.03. The Balaban J connectivity index is 1.85. The van der Waals surface area contributed by atoms with Gasteiger partial charge in [-0.15, -0.1) is 0 Å². The number of rotatable bonds is 13. The van der Waals surface area contributed by atoms with Crippen LogP contribution < -0.4 is 16.0 Å². The van der Waals surface area contributed by atoms with Crippen LogP contribution in [0.25, 0.3) is 0 Å². The molecule has 2 aliphatic rings. The molecule has 7 atom stereocenters. The van der Waals surface area contributed by atoms with Gasteiger partial charge in [-0.05, 0) is 77.2 Å². The summed E-state index contributed by atoms with van der Waals surface area (Å²) in [5, 5.41) is 20.5. The van der Waals surface area contributed by atoms with Gasteiger partial charge < -0.3 is 30.6 Å². The molecule has 1 saturated heterocycles. The lowest BCUT2D eigenvalue weighted by atomic mass is 9.72. The summed E-state index contributed by atoms with van der Waals surface area (Å²) in [7, 11) is 0. The minimum atomic E-state index is -1.04. The number of nitrogens with zero attached hydrogens (tertiary/aromatic N) is 1. The highest BCUT2D eigenvalue weighted by molar-refractivity contribution is 5.87. The summed E-state index contributed by atoms with van der Waals surface area (Å²) in [5.74, 6) is -0.170. The van der Waals surface area contributed by atoms with Gasteiger partial charge >= 0.3 is 6.09 Å². The standard InChI is InChI=1S/C34H54N4O6/c1-7-44-33(43)36-30(22(2)17-23(3)39)32(42)35-27(18-24-13-9-8-10-14-24)29(40)21-38-20-26-16-12-11-15-25(26)19-28(38)31(41)37-34(4,5)6/h8-10,13-14,22,25-30,40H,7,11-12,15-21H2,1-6H3,(H,35,42)(H,36,43)(H,37,41)/t22?,25-,26?,27-,28-,29+,30-/m0/s1. The largest absolute Gasteiger partial charge is 0.450 e. The highest BCUT2D eigenvalue weighted by Gasteiger charge is 2.42. The topological polar surface area (TPSA) is 137 Å². The van der Waals surface area contributed by atoms with E-state index in [0.29, 0.717) is 18.3 Å². The van der Waals surface area contributed by atoms with E-state index in [1.807, 2.05) is 51.1 Å². The van der Waals surface area contributed by atoms with E-state index in [9.17, 15) is 24.3 Å². The zero-order valence-electron chi connectivity index (χ0n) is 27.4. The number of benzene rings is 1. The van der Waals surface area contributed by atoms with Crippen LogP contribution in [0.15, 0.2) is 30.3 Å². The molecule has 0 aromatic heterocycles. The highest BCUT2D eigenvalue weighted by Crippen LogP contribution is 2.39. The number of hydrogen-bond acceptors (Lipinski definition) is 7. The number of likely N-dealkylation sites (tertiary alicyclic amines) is 1. The van der Waals surface area contributed by atoms with Gasteiger partial charge in [0.2, 0.25) is 11.8 Å². The van der Waals surface area contributed by atoms with Crippen molar-refractivity contribution >= 4 is 23.7 Å². The maximum Gasteiger partial charge on any atom is 0.407 e. The number of ether oxygens (including phenoxy) is 1. The quantitative estimate of drug-likeness (QED) is 0.267. The smallest absolute Gasteiger partial charge is 0.407 e. The summed E-state index contributed by atoms with van der Waals surface area (Å²) in [6.45, 7) is 11.8. The van der Waals surface area contributed by atoms with E-state index in [0.717, 1.165) is 31.4 Å². The second-order valence-electron chi connectivity index (χ2n) is 13.8. The van der Waals surface area contributed by atoms with Crippen LogP contribution in [0.3, 0.4) is 0 Å². The van der Waals surface area contributed by atoms with E-state index in [1.165, 1.54) is 19.8 Å². The van der Waals surface area contributed by atoms with Crippen molar-refractivity contribution < 1.29 is 29.0 Å². The second-order valence-corrected chi connectivity index (χ2v) is 13.8. The van der Waals surface area contributed by atoms with Crippen molar-refractivity contribution in [2.24, 2.45) is 17.8 Å². The molecule has 2 unspecified atom stereocenters. The average molecular weight is 615 g/mol. The van der Waals surface area contributed by atoms with Gasteiger partial charge in [0, 0.05) is 25.0 Å². The van der Waals surface area contributed by atoms with Gasteiger partial charge in [-0.2, -0.15) is 0 Å². The highest BCUT2D eigenvalue weighted by atomic mass is 16.5. The molecule has 0 radical (unpaired) electrons. The monoisotopic (exact) mass is 614 g/mol. The van der Waals surface area contributed by atoms with Gasteiger partial charge in [-0.1, -0.05) is 56.5 Å². The fraction of sp³-hybridized carbons (Fsp3) is 0.706. The van der Waals surface area contributed by atoms with E-state index in [1.54, 1.807) is 13.8 Å². The fourth-order valence-corrected chi connectivity index (χ4v) is 6.76. The number of fused-ring (bicyclic) bond motifs is 1. The number of piperidine rings is 1. The first kappa shape index (κ1) is 35.5. The first-order valence-electron chi connectivity index (χ1n) is 16.3. The first-order valence-corrected chi connectivity index (χ1v) is 16.3. The molecule has 1 aromatic carbocycles. The average Bonchev–Trinajstić information content (AvgIpc) is 2.94. The minimum Gasteiger partial charge on any atom is -0.450 e. The van der Waals surface area contributed by atoms with Gasteiger partial charge in [0.05, 0.1) is 24.8 Å². The first-order chi connectivity index (χ1) is 20.8. The van der Waals surface area contributed by atoms with Crippen molar-refractivity contribution in [1.29, 1.82) is 0 Å². The lowest BCUT2D eigenvalue weighted by molar-refractivity contribution is -0.133. The molecule has 4 N–H and O–H groups in total. The Bertz CT molecular complexity index is 1110. The Morgan fingerprint density at radius 2 is 1.70 bits per heavy atom. The molecule has 246 valence electrons. The number of alkyl carbamates (subject to hydrolysis) is 1. The van der Waals surface area contributed by atoms with Gasteiger partial charge in [0.25, 0.3) is 0 Å². The maximum absolute atomic E-state index is 13.7. The molecule has 10 heteroatoms. The van der Waals surface area contributed by atoms with Crippen molar-refractivity contribution in [3.63, 3.8) is 0 Å². The number of aliphatic hydroxyl groups excluding tert-OH is 1. The predicted octanol–water partition coefficient (Wildman–Crippen LogP) is 3.60. The third kappa shape index (κ3) is 10.9. The molecule has 44 heavy (non-hydrogen) atoms. The fourth-order valence-electron chi connectivity index (χ4n) is 6.76. The molecule has 1 aliphatic heterocycles. The molecule has 3 amide bonds. The number of carbonyl (C=O) groups is 4. The summed E-state index contributed by atoms with van der Waals surface area (Å²) in [6, 6.07) is 7.47. The third-order valence-electron chi connectivity index (χ3n) is 8.82. The number of ketones is 1. The summed E-state index contributed by atoms with van der Waals surface area (Å²) in [4.78, 5) is 53.6. The Labute approximate surface area is 263 Å². The van der Waals surface area contributed by atoms with E-state index in [4.69, 9.17) is 4.74 Å².